The number of nitrogens with zero attached hydrogens (tertiary/aromatic N) is 4. The molecule has 1 fully saturated rings. The van der Waals surface area contributed by atoms with Gasteiger partial charge in [-0.3, -0.25) is 4.90 Å². The third kappa shape index (κ3) is 5.18. The Morgan fingerprint density at radius 2 is 1.51 bits per heavy atom. The number of anilines is 2. The van der Waals surface area contributed by atoms with Crippen LogP contribution in [0.15, 0.2) is 72.8 Å². The van der Waals surface area contributed by atoms with Gasteiger partial charge in [-0.2, -0.15) is 4.98 Å². The second-order valence-corrected chi connectivity index (χ2v) is 9.90. The normalized spacial score (nSPS) is 15.4. The molecule has 5 rings (SSSR count). The molecule has 2 N–H and O–H groups in total. The summed E-state index contributed by atoms with van der Waals surface area (Å²) in [5, 5.41) is 0.752. The highest BCUT2D eigenvalue weighted by molar-refractivity contribution is 5.91. The summed E-state index contributed by atoms with van der Waals surface area (Å²) in [5.74, 6) is 2.27. The van der Waals surface area contributed by atoms with Crippen LogP contribution in [0.5, 0.6) is 11.5 Å². The molecule has 37 heavy (non-hydrogen) atoms. The second kappa shape index (κ2) is 10.6. The van der Waals surface area contributed by atoms with Crippen LogP contribution >= 0.6 is 0 Å². The number of likely N-dealkylation sites (N-methyl/N-ethyl adjacent to an activating group) is 1. The Bertz CT molecular complexity index is 1340. The predicted molar refractivity (Wildman–Crippen MR) is 149 cm³/mol. The lowest BCUT2D eigenvalue weighted by molar-refractivity contribution is 0.155. The first-order valence-corrected chi connectivity index (χ1v) is 12.7. The van der Waals surface area contributed by atoms with E-state index in [1.54, 1.807) is 14.2 Å². The van der Waals surface area contributed by atoms with E-state index in [2.05, 4.69) is 82.5 Å². The number of nitrogens with two attached hydrogens (primary N) is 1. The number of piperidine rings is 1. The van der Waals surface area contributed by atoms with E-state index >= 15 is 0 Å². The Morgan fingerprint density at radius 1 is 0.892 bits per heavy atom. The van der Waals surface area contributed by atoms with Gasteiger partial charge in [0.15, 0.2) is 11.5 Å². The van der Waals surface area contributed by atoms with Gasteiger partial charge in [-0.1, -0.05) is 60.7 Å². The van der Waals surface area contributed by atoms with Gasteiger partial charge < -0.3 is 20.1 Å². The number of ether oxygens (including phenoxy) is 2. The van der Waals surface area contributed by atoms with Crippen LogP contribution in [0.25, 0.3) is 10.9 Å². The summed E-state index contributed by atoms with van der Waals surface area (Å²) in [5.41, 5.74) is 9.85. The molecule has 7 heteroatoms. The molecule has 0 saturated carbocycles. The standard InChI is InChI=1S/C30H35N5O2/c1-34(29-32-25-19-27(37-3)26(36-2)18-24(25)28(31)33-29)21-30(23-12-8-5-9-13-23)14-16-35(17-15-30)20-22-10-6-4-7-11-22/h4-13,18-19H,14-17,20-21H2,1-3H3,(H2,31,32,33). The summed E-state index contributed by atoms with van der Waals surface area (Å²) in [6.45, 7) is 3.86. The monoisotopic (exact) mass is 497 g/mol. The summed E-state index contributed by atoms with van der Waals surface area (Å²) in [6, 6.07) is 25.3. The summed E-state index contributed by atoms with van der Waals surface area (Å²) >= 11 is 0. The molecule has 0 atom stereocenters. The van der Waals surface area contributed by atoms with Crippen molar-refractivity contribution in [2.45, 2.75) is 24.8 Å². The van der Waals surface area contributed by atoms with Gasteiger partial charge in [-0.05, 0) is 43.1 Å². The Kier molecular flexibility index (Phi) is 7.15. The number of nitrogen functional groups attached to an aromatic ring is 1. The number of hydrogen-bond donors (Lipinski definition) is 1. The van der Waals surface area contributed by atoms with Crippen molar-refractivity contribution < 1.29 is 9.47 Å². The van der Waals surface area contributed by atoms with Gasteiger partial charge in [0.25, 0.3) is 0 Å². The Hall–Kier alpha value is -3.84. The first-order chi connectivity index (χ1) is 18.0. The van der Waals surface area contributed by atoms with Gasteiger partial charge in [0.2, 0.25) is 5.95 Å². The smallest absolute Gasteiger partial charge is 0.227 e. The summed E-state index contributed by atoms with van der Waals surface area (Å²) < 4.78 is 10.9. The van der Waals surface area contributed by atoms with E-state index in [-0.39, 0.29) is 5.41 Å². The van der Waals surface area contributed by atoms with Gasteiger partial charge in [0.05, 0.1) is 19.7 Å². The molecule has 1 saturated heterocycles. The second-order valence-electron chi connectivity index (χ2n) is 9.90. The van der Waals surface area contributed by atoms with Crippen molar-refractivity contribution >= 4 is 22.7 Å². The molecule has 0 unspecified atom stereocenters. The van der Waals surface area contributed by atoms with Crippen molar-refractivity contribution in [2.24, 2.45) is 0 Å². The molecule has 1 aromatic heterocycles. The number of hydrogen-bond acceptors (Lipinski definition) is 7. The number of aromatic nitrogens is 2. The van der Waals surface area contributed by atoms with Crippen LogP contribution in [0.1, 0.15) is 24.0 Å². The maximum absolute atomic E-state index is 6.40. The first-order valence-electron chi connectivity index (χ1n) is 12.7. The fourth-order valence-electron chi connectivity index (χ4n) is 5.47. The zero-order valence-corrected chi connectivity index (χ0v) is 21.9. The van der Waals surface area contributed by atoms with Crippen LogP contribution in [0.2, 0.25) is 0 Å². The quantitative estimate of drug-likeness (QED) is 0.371. The van der Waals surface area contributed by atoms with Gasteiger partial charge in [0.1, 0.15) is 5.82 Å². The number of likely N-dealkylation sites (tertiary alicyclic amines) is 1. The summed E-state index contributed by atoms with van der Waals surface area (Å²) in [4.78, 5) is 14.3. The molecule has 0 radical (unpaired) electrons. The SMILES string of the molecule is COc1cc2nc(N(C)CC3(c4ccccc4)CCN(Cc4ccccc4)CC3)nc(N)c2cc1OC. The topological polar surface area (TPSA) is 76.7 Å². The van der Waals surface area contributed by atoms with E-state index in [1.807, 2.05) is 12.1 Å². The molecule has 192 valence electrons. The lowest BCUT2D eigenvalue weighted by Crippen LogP contribution is -2.48. The van der Waals surface area contributed by atoms with Crippen LogP contribution in [0.3, 0.4) is 0 Å². The van der Waals surface area contributed by atoms with Crippen molar-refractivity contribution in [3.05, 3.63) is 83.9 Å². The zero-order chi connectivity index (χ0) is 25.8. The molecule has 7 nitrogen and oxygen atoms in total. The van der Waals surface area contributed by atoms with Gasteiger partial charge in [0, 0.05) is 37.0 Å². The van der Waals surface area contributed by atoms with E-state index in [0.717, 1.165) is 49.9 Å². The predicted octanol–water partition coefficient (Wildman–Crippen LogP) is 4.90. The maximum Gasteiger partial charge on any atom is 0.227 e. The van der Waals surface area contributed by atoms with Crippen LogP contribution in [-0.4, -0.2) is 55.8 Å². The minimum Gasteiger partial charge on any atom is -0.493 e. The zero-order valence-electron chi connectivity index (χ0n) is 21.9. The van der Waals surface area contributed by atoms with E-state index in [9.17, 15) is 0 Å². The average molecular weight is 498 g/mol. The molecule has 0 amide bonds. The van der Waals surface area contributed by atoms with Crippen LogP contribution < -0.4 is 20.1 Å². The fourth-order valence-corrected chi connectivity index (χ4v) is 5.47. The molecule has 3 aromatic carbocycles. The Morgan fingerprint density at radius 3 is 2.16 bits per heavy atom. The first kappa shape index (κ1) is 24.8. The van der Waals surface area contributed by atoms with Crippen molar-refractivity contribution in [3.63, 3.8) is 0 Å². The van der Waals surface area contributed by atoms with Crippen LogP contribution in [0, 0.1) is 0 Å². The number of methoxy groups -OCH3 is 2. The molecule has 4 aromatic rings. The molecule has 2 heterocycles. The molecule has 0 spiro atoms. The fraction of sp³-hybridized carbons (Fsp3) is 0.333. The van der Waals surface area contributed by atoms with Crippen LogP contribution in [0.4, 0.5) is 11.8 Å². The minimum absolute atomic E-state index is 0.00608. The van der Waals surface area contributed by atoms with Crippen molar-refractivity contribution in [1.82, 2.24) is 14.9 Å². The van der Waals surface area contributed by atoms with Crippen molar-refractivity contribution in [2.75, 3.05) is 51.5 Å². The number of benzene rings is 3. The molecule has 1 aliphatic heterocycles. The third-order valence-corrected chi connectivity index (χ3v) is 7.55. The maximum atomic E-state index is 6.40. The summed E-state index contributed by atoms with van der Waals surface area (Å²) in [6.07, 6.45) is 2.12. The highest BCUT2D eigenvalue weighted by atomic mass is 16.5. The lowest BCUT2D eigenvalue weighted by atomic mass is 9.72. The lowest BCUT2D eigenvalue weighted by Gasteiger charge is -2.44. The molecule has 0 bridgehead atoms. The van der Waals surface area contributed by atoms with Crippen molar-refractivity contribution in [3.8, 4) is 11.5 Å². The Labute approximate surface area is 218 Å². The highest BCUT2D eigenvalue weighted by Crippen LogP contribution is 2.38. The van der Waals surface area contributed by atoms with E-state index in [0.29, 0.717) is 23.3 Å². The van der Waals surface area contributed by atoms with Gasteiger partial charge in [-0.25, -0.2) is 4.98 Å². The Balaban J connectivity index is 1.41. The molecule has 0 aliphatic carbocycles. The van der Waals surface area contributed by atoms with Crippen molar-refractivity contribution in [1.29, 1.82) is 0 Å². The van der Waals surface area contributed by atoms with Gasteiger partial charge >= 0.3 is 0 Å². The van der Waals surface area contributed by atoms with E-state index in [1.165, 1.54) is 11.1 Å². The minimum atomic E-state index is -0.00608. The van der Waals surface area contributed by atoms with E-state index < -0.39 is 0 Å². The van der Waals surface area contributed by atoms with Gasteiger partial charge in [-0.15, -0.1) is 0 Å². The highest BCUT2D eigenvalue weighted by Gasteiger charge is 2.37. The molecule has 1 aliphatic rings. The number of rotatable bonds is 8. The average Bonchev–Trinajstić information content (AvgIpc) is 2.94. The number of fused-ring (bicyclic) bond motifs is 1. The molecular formula is C30H35N5O2. The van der Waals surface area contributed by atoms with Crippen LogP contribution in [-0.2, 0) is 12.0 Å². The largest absolute Gasteiger partial charge is 0.493 e. The third-order valence-electron chi connectivity index (χ3n) is 7.55. The summed E-state index contributed by atoms with van der Waals surface area (Å²) in [7, 11) is 5.29. The molecular weight excluding hydrogens is 462 g/mol. The van der Waals surface area contributed by atoms with E-state index in [4.69, 9.17) is 20.2 Å².